The maximum absolute atomic E-state index is 13.7. The van der Waals surface area contributed by atoms with Crippen molar-refractivity contribution in [2.45, 2.75) is 26.0 Å². The maximum atomic E-state index is 13.7. The largest absolute Gasteiger partial charge is 0.493 e. The van der Waals surface area contributed by atoms with Gasteiger partial charge in [0, 0.05) is 43.3 Å². The normalized spacial score (nSPS) is 11.9. The molecular formula is C28H30FN3O3. The zero-order valence-corrected chi connectivity index (χ0v) is 20.1. The number of H-pyrrole nitrogens is 1. The van der Waals surface area contributed by atoms with Gasteiger partial charge in [0.15, 0.2) is 0 Å². The molecule has 0 aliphatic heterocycles. The van der Waals surface area contributed by atoms with Gasteiger partial charge in [-0.2, -0.15) is 0 Å². The number of hydrogen-bond donors (Lipinski definition) is 3. The smallest absolute Gasteiger partial charge is 0.257 e. The van der Waals surface area contributed by atoms with Crippen molar-refractivity contribution in [3.8, 4) is 16.9 Å². The first-order valence-corrected chi connectivity index (χ1v) is 11.6. The molecule has 7 heteroatoms. The number of amides is 1. The molecule has 0 radical (unpaired) electrons. The minimum Gasteiger partial charge on any atom is -0.493 e. The van der Waals surface area contributed by atoms with Gasteiger partial charge in [-0.3, -0.25) is 4.79 Å². The Hall–Kier alpha value is -3.84. The Bertz CT molecular complexity index is 1320. The minimum absolute atomic E-state index is 0.131. The lowest BCUT2D eigenvalue weighted by molar-refractivity contribution is 0.0782. The van der Waals surface area contributed by atoms with E-state index in [2.05, 4.69) is 10.3 Å². The molecular weight excluding hydrogens is 445 g/mol. The van der Waals surface area contributed by atoms with Crippen molar-refractivity contribution in [2.75, 3.05) is 25.6 Å². The molecule has 0 fully saturated rings. The fourth-order valence-electron chi connectivity index (χ4n) is 3.98. The van der Waals surface area contributed by atoms with Crippen LogP contribution in [0.5, 0.6) is 5.75 Å². The molecule has 1 amide bonds. The van der Waals surface area contributed by atoms with Crippen LogP contribution in [0.2, 0.25) is 0 Å². The molecule has 0 aliphatic carbocycles. The summed E-state index contributed by atoms with van der Waals surface area (Å²) in [5.41, 5.74) is 4.73. The first-order chi connectivity index (χ1) is 16.9. The number of rotatable bonds is 9. The summed E-state index contributed by atoms with van der Waals surface area (Å²) in [5.74, 6) is -0.342. The van der Waals surface area contributed by atoms with Crippen molar-refractivity contribution < 1.29 is 19.0 Å². The fourth-order valence-corrected chi connectivity index (χ4v) is 3.98. The number of aliphatic hydroxyl groups excluding tert-OH is 1. The molecule has 182 valence electrons. The molecule has 35 heavy (non-hydrogen) atoms. The molecule has 0 spiro atoms. The average molecular weight is 476 g/mol. The van der Waals surface area contributed by atoms with Crippen LogP contribution in [0.4, 0.5) is 10.1 Å². The number of nitrogens with one attached hydrogen (secondary N) is 2. The third kappa shape index (κ3) is 5.63. The lowest BCUT2D eigenvalue weighted by Crippen LogP contribution is -2.36. The molecule has 4 rings (SSSR count). The number of anilines is 1. The number of carbonyl (C=O) groups excluding carboxylic acids is 1. The third-order valence-electron chi connectivity index (χ3n) is 5.84. The van der Waals surface area contributed by atoms with Crippen molar-refractivity contribution in [2.24, 2.45) is 0 Å². The SMILES string of the molecule is CCCOc1ccc(-c2ccc(N(C)C)cc2)cc1C(=O)NC(O)Cc1c[nH]c2ccc(F)cc12. The van der Waals surface area contributed by atoms with E-state index < -0.39 is 12.1 Å². The highest BCUT2D eigenvalue weighted by molar-refractivity contribution is 5.98. The first-order valence-electron chi connectivity index (χ1n) is 11.6. The molecule has 0 aliphatic rings. The quantitative estimate of drug-likeness (QED) is 0.294. The molecule has 0 saturated carbocycles. The van der Waals surface area contributed by atoms with Crippen LogP contribution in [0.15, 0.2) is 66.9 Å². The zero-order chi connectivity index (χ0) is 24.9. The van der Waals surface area contributed by atoms with E-state index in [4.69, 9.17) is 4.74 Å². The molecule has 1 atom stereocenters. The highest BCUT2D eigenvalue weighted by Gasteiger charge is 2.19. The number of ether oxygens (including phenoxy) is 1. The molecule has 1 unspecified atom stereocenters. The third-order valence-corrected chi connectivity index (χ3v) is 5.84. The van der Waals surface area contributed by atoms with E-state index in [1.807, 2.05) is 56.3 Å². The molecule has 3 N–H and O–H groups in total. The molecule has 1 heterocycles. The van der Waals surface area contributed by atoms with E-state index in [-0.39, 0.29) is 12.2 Å². The van der Waals surface area contributed by atoms with Crippen LogP contribution in [0, 0.1) is 5.82 Å². The number of aliphatic hydroxyl groups is 1. The Kier molecular flexibility index (Phi) is 7.36. The van der Waals surface area contributed by atoms with Crippen molar-refractivity contribution in [3.05, 3.63) is 83.8 Å². The van der Waals surface area contributed by atoms with E-state index in [1.54, 1.807) is 24.4 Å². The summed E-state index contributed by atoms with van der Waals surface area (Å²) < 4.78 is 19.5. The number of aromatic amines is 1. The topological polar surface area (TPSA) is 77.6 Å². The number of hydrogen-bond acceptors (Lipinski definition) is 4. The molecule has 1 aromatic heterocycles. The summed E-state index contributed by atoms with van der Waals surface area (Å²) in [6.07, 6.45) is 1.49. The molecule has 0 saturated heterocycles. The van der Waals surface area contributed by atoms with Gasteiger partial charge in [-0.05, 0) is 65.6 Å². The van der Waals surface area contributed by atoms with E-state index in [0.29, 0.717) is 28.9 Å². The lowest BCUT2D eigenvalue weighted by Gasteiger charge is -2.17. The van der Waals surface area contributed by atoms with Gasteiger partial charge in [0.25, 0.3) is 5.91 Å². The monoisotopic (exact) mass is 475 g/mol. The van der Waals surface area contributed by atoms with Crippen LogP contribution < -0.4 is 15.0 Å². The van der Waals surface area contributed by atoms with Crippen LogP contribution in [-0.4, -0.2) is 42.9 Å². The molecule has 4 aromatic rings. The predicted molar refractivity (Wildman–Crippen MR) is 137 cm³/mol. The van der Waals surface area contributed by atoms with E-state index in [0.717, 1.165) is 28.8 Å². The van der Waals surface area contributed by atoms with Gasteiger partial charge in [0.1, 0.15) is 17.8 Å². The van der Waals surface area contributed by atoms with Crippen molar-refractivity contribution in [1.82, 2.24) is 10.3 Å². The van der Waals surface area contributed by atoms with Gasteiger partial charge in [0.05, 0.1) is 12.2 Å². The number of carbonyl (C=O) groups is 1. The summed E-state index contributed by atoms with van der Waals surface area (Å²) in [6, 6.07) is 18.0. The lowest BCUT2D eigenvalue weighted by atomic mass is 10.0. The van der Waals surface area contributed by atoms with E-state index in [9.17, 15) is 14.3 Å². The van der Waals surface area contributed by atoms with E-state index >= 15 is 0 Å². The van der Waals surface area contributed by atoms with Gasteiger partial charge in [-0.15, -0.1) is 0 Å². The Balaban J connectivity index is 1.56. The second-order valence-electron chi connectivity index (χ2n) is 8.70. The average Bonchev–Trinajstić information content (AvgIpc) is 3.24. The van der Waals surface area contributed by atoms with Gasteiger partial charge in [0.2, 0.25) is 0 Å². The Labute approximate surface area is 204 Å². The first kappa shape index (κ1) is 24.3. The molecule has 6 nitrogen and oxygen atoms in total. The van der Waals surface area contributed by atoms with Gasteiger partial charge in [-0.1, -0.05) is 25.1 Å². The minimum atomic E-state index is -1.16. The van der Waals surface area contributed by atoms with Gasteiger partial charge < -0.3 is 25.0 Å². The Morgan fingerprint density at radius 3 is 2.54 bits per heavy atom. The second kappa shape index (κ2) is 10.6. The van der Waals surface area contributed by atoms with Crippen molar-refractivity contribution in [3.63, 3.8) is 0 Å². The maximum Gasteiger partial charge on any atom is 0.257 e. The zero-order valence-electron chi connectivity index (χ0n) is 20.1. The summed E-state index contributed by atoms with van der Waals surface area (Å²) in [7, 11) is 3.96. The number of aromatic nitrogens is 1. The second-order valence-corrected chi connectivity index (χ2v) is 8.70. The number of nitrogens with zero attached hydrogens (tertiary/aromatic N) is 1. The van der Waals surface area contributed by atoms with Crippen LogP contribution >= 0.6 is 0 Å². The summed E-state index contributed by atoms with van der Waals surface area (Å²) in [5, 5.41) is 14.0. The standard InChI is InChI=1S/C28H30FN3O3/c1-4-13-35-26-12-7-19(18-5-9-22(10-6-18)32(2)3)14-24(26)28(34)31-27(33)15-20-17-30-25-11-8-21(29)16-23(20)25/h5-12,14,16-17,27,30,33H,4,13,15H2,1-3H3,(H,31,34). The predicted octanol–water partition coefficient (Wildman–Crippen LogP) is 5.12. The molecule has 0 bridgehead atoms. The van der Waals surface area contributed by atoms with Gasteiger partial charge >= 0.3 is 0 Å². The number of benzene rings is 3. The summed E-state index contributed by atoms with van der Waals surface area (Å²) >= 11 is 0. The van der Waals surface area contributed by atoms with E-state index in [1.165, 1.54) is 12.1 Å². The Morgan fingerprint density at radius 1 is 1.09 bits per heavy atom. The van der Waals surface area contributed by atoms with Crippen molar-refractivity contribution >= 4 is 22.5 Å². The summed E-state index contributed by atoms with van der Waals surface area (Å²) in [4.78, 5) is 18.3. The highest BCUT2D eigenvalue weighted by atomic mass is 19.1. The molecule has 3 aromatic carbocycles. The Morgan fingerprint density at radius 2 is 1.83 bits per heavy atom. The van der Waals surface area contributed by atoms with Crippen LogP contribution in [0.1, 0.15) is 29.3 Å². The van der Waals surface area contributed by atoms with Gasteiger partial charge in [-0.25, -0.2) is 4.39 Å². The van der Waals surface area contributed by atoms with Crippen LogP contribution in [0.3, 0.4) is 0 Å². The van der Waals surface area contributed by atoms with Crippen LogP contribution in [-0.2, 0) is 6.42 Å². The number of halogens is 1. The highest BCUT2D eigenvalue weighted by Crippen LogP contribution is 2.29. The number of fused-ring (bicyclic) bond motifs is 1. The van der Waals surface area contributed by atoms with Crippen molar-refractivity contribution in [1.29, 1.82) is 0 Å². The summed E-state index contributed by atoms with van der Waals surface area (Å²) in [6.45, 7) is 2.47. The fraction of sp³-hybridized carbons (Fsp3) is 0.250. The van der Waals surface area contributed by atoms with Crippen LogP contribution in [0.25, 0.3) is 22.0 Å².